The fourth-order valence-corrected chi connectivity index (χ4v) is 5.50. The highest BCUT2D eigenvalue weighted by Crippen LogP contribution is 1.99. The second-order valence-electron chi connectivity index (χ2n) is 16.9. The van der Waals surface area contributed by atoms with E-state index in [1.54, 1.807) is 43.5 Å². The molecule has 9 aromatic rings. The Morgan fingerprint density at radius 2 is 0.573 bits per heavy atom. The summed E-state index contributed by atoms with van der Waals surface area (Å²) in [6.45, 7) is 69.1. The van der Waals surface area contributed by atoms with Gasteiger partial charge in [0.15, 0.2) is 0 Å². The molecule has 0 saturated carbocycles. The maximum atomic E-state index is 4.11. The molecule has 0 aliphatic rings. The summed E-state index contributed by atoms with van der Waals surface area (Å²) in [6.07, 6.45) is 17.6. The fourth-order valence-electron chi connectivity index (χ4n) is 5.50. The number of nitrogens with zero attached hydrogens (tertiary/aromatic N) is 17. The Balaban J connectivity index is -0.000000134. The van der Waals surface area contributed by atoms with Crippen molar-refractivity contribution in [1.29, 1.82) is 0 Å². The molecule has 17 heteroatoms. The van der Waals surface area contributed by atoms with Crippen LogP contribution in [0, 0.1) is 132 Å². The van der Waals surface area contributed by atoms with Crippen LogP contribution in [0.4, 0.5) is 0 Å². The second-order valence-corrected chi connectivity index (χ2v) is 16.9. The number of pyridine rings is 2. The van der Waals surface area contributed by atoms with E-state index in [1.807, 2.05) is 290 Å². The van der Waals surface area contributed by atoms with Crippen molar-refractivity contribution in [2.24, 2.45) is 0 Å². The average Bonchev–Trinajstić information content (AvgIpc) is 3.54. The minimum Gasteiger partial charge on any atom is -0.264 e. The van der Waals surface area contributed by atoms with Gasteiger partial charge < -0.3 is 0 Å². The number of hydrogen-bond acceptors (Lipinski definition) is 17. The number of aromatic nitrogens is 17. The molecule has 0 atom stereocenters. The molecular weight excluding hydrogens is 1100 g/mol. The molecule has 0 saturated heterocycles. The first-order chi connectivity index (χ1) is 42.5. The van der Waals surface area contributed by atoms with Gasteiger partial charge in [0.2, 0.25) is 0 Å². The van der Waals surface area contributed by atoms with Crippen molar-refractivity contribution in [1.82, 2.24) is 85.4 Å². The third-order valence-corrected chi connectivity index (χ3v) is 8.73. The predicted molar refractivity (Wildman–Crippen MR) is 381 cm³/mol. The molecule has 9 rings (SSSR count). The molecule has 0 aliphatic carbocycles. The maximum absolute atomic E-state index is 4.11. The van der Waals surface area contributed by atoms with E-state index in [9.17, 15) is 0 Å². The van der Waals surface area contributed by atoms with Crippen molar-refractivity contribution in [2.45, 2.75) is 242 Å². The molecule has 0 fully saturated rings. The summed E-state index contributed by atoms with van der Waals surface area (Å²) < 4.78 is 0. The van der Waals surface area contributed by atoms with Gasteiger partial charge in [0.05, 0.1) is 46.6 Å². The topological polar surface area (TPSA) is 219 Å². The van der Waals surface area contributed by atoms with E-state index in [0.717, 1.165) is 91.2 Å². The Labute approximate surface area is 543 Å². The van der Waals surface area contributed by atoms with Crippen molar-refractivity contribution >= 4 is 0 Å². The van der Waals surface area contributed by atoms with E-state index >= 15 is 0 Å². The van der Waals surface area contributed by atoms with Crippen LogP contribution < -0.4 is 0 Å². The molecule has 0 unspecified atom stereocenters. The normalized spacial score (nSPS) is 8.17. The zero-order chi connectivity index (χ0) is 70.7. The van der Waals surface area contributed by atoms with Crippen LogP contribution in [0.3, 0.4) is 0 Å². The van der Waals surface area contributed by atoms with E-state index in [1.165, 1.54) is 16.7 Å². The third kappa shape index (κ3) is 67.2. The molecule has 89 heavy (non-hydrogen) atoms. The van der Waals surface area contributed by atoms with Gasteiger partial charge >= 0.3 is 0 Å². The Kier molecular flexibility index (Phi) is 77.0. The van der Waals surface area contributed by atoms with Crippen LogP contribution >= 0.6 is 0 Å². The SMILES string of the molecule is CC.CC.CC.CC.CC.CC.CC.CC.Cc1cc(C)ncn1.Cc1ccnc(C)c1.Cc1ccnc(C)n1.Cc1ccnc(C)n1.Cc1cncc(C)c1.Cc1cncc(C)n1.Cc1cnnc(C)c1.Cc1cnnc(C)c1.Cc1nnc(C)c(C)n1. The summed E-state index contributed by atoms with van der Waals surface area (Å²) in [4.78, 5) is 44.0. The summed E-state index contributed by atoms with van der Waals surface area (Å²) in [6, 6.07) is 15.8. The molecule has 17 nitrogen and oxygen atoms in total. The van der Waals surface area contributed by atoms with Crippen molar-refractivity contribution in [2.75, 3.05) is 0 Å². The van der Waals surface area contributed by atoms with Crippen molar-refractivity contribution < 1.29 is 0 Å². The van der Waals surface area contributed by atoms with Crippen LogP contribution in [0.15, 0.2) is 111 Å². The number of hydrogen-bond donors (Lipinski definition) is 0. The average molecular weight is 1230 g/mol. The highest BCUT2D eigenvalue weighted by Gasteiger charge is 1.94. The molecule has 496 valence electrons. The smallest absolute Gasteiger partial charge is 0.148 e. The van der Waals surface area contributed by atoms with Gasteiger partial charge in [-0.15, -0.1) is 5.10 Å². The Bertz CT molecular complexity index is 2290. The first-order valence-electron chi connectivity index (χ1n) is 31.5. The Morgan fingerprint density at radius 1 is 0.225 bits per heavy atom. The van der Waals surface area contributed by atoms with E-state index in [4.69, 9.17) is 0 Å². The monoisotopic (exact) mass is 1230 g/mol. The highest BCUT2D eigenvalue weighted by atomic mass is 15.2. The largest absolute Gasteiger partial charge is 0.264 e. The van der Waals surface area contributed by atoms with Crippen LogP contribution in [-0.2, 0) is 0 Å². The molecule has 0 spiro atoms. The molecule has 0 N–H and O–H groups in total. The quantitative estimate of drug-likeness (QED) is 0.138. The van der Waals surface area contributed by atoms with Crippen molar-refractivity contribution in [3.05, 3.63) is 219 Å². The molecule has 9 heterocycles. The van der Waals surface area contributed by atoms with Gasteiger partial charge in [-0.05, 0) is 202 Å². The fraction of sp³-hybridized carbons (Fsp3) is 0.486. The van der Waals surface area contributed by atoms with Gasteiger partial charge in [-0.2, -0.15) is 25.5 Å². The van der Waals surface area contributed by atoms with Crippen LogP contribution in [0.25, 0.3) is 0 Å². The molecular formula is C72H123N17. The summed E-state index contributed by atoms with van der Waals surface area (Å²) >= 11 is 0. The Morgan fingerprint density at radius 3 is 0.787 bits per heavy atom. The molecule has 9 aromatic heterocycles. The lowest BCUT2D eigenvalue weighted by molar-refractivity contribution is 0.848. The molecule has 0 bridgehead atoms. The number of aryl methyl sites for hydroxylation is 19. The molecule has 0 radical (unpaired) electrons. The second kappa shape index (κ2) is 70.6. The van der Waals surface area contributed by atoms with E-state index in [2.05, 4.69) is 104 Å². The third-order valence-electron chi connectivity index (χ3n) is 8.73. The molecule has 0 aromatic carbocycles. The zero-order valence-corrected chi connectivity index (χ0v) is 62.5. The van der Waals surface area contributed by atoms with E-state index in [-0.39, 0.29) is 0 Å². The van der Waals surface area contributed by atoms with Crippen LogP contribution in [-0.4, -0.2) is 85.4 Å². The predicted octanol–water partition coefficient (Wildman–Crippen LogP) is 19.0. The van der Waals surface area contributed by atoms with Gasteiger partial charge in [-0.25, -0.2) is 34.9 Å². The van der Waals surface area contributed by atoms with Crippen LogP contribution in [0.2, 0.25) is 0 Å². The van der Waals surface area contributed by atoms with E-state index < -0.39 is 0 Å². The Hall–Kier alpha value is -8.21. The highest BCUT2D eigenvalue weighted by molar-refractivity contribution is 5.15. The molecule has 0 aliphatic heterocycles. The van der Waals surface area contributed by atoms with E-state index in [0.29, 0.717) is 0 Å². The summed E-state index contributed by atoms with van der Waals surface area (Å²) in [5.41, 5.74) is 17.0. The van der Waals surface area contributed by atoms with Gasteiger partial charge in [0, 0.05) is 71.8 Å². The summed E-state index contributed by atoms with van der Waals surface area (Å²) in [5, 5.41) is 22.7. The van der Waals surface area contributed by atoms with Crippen molar-refractivity contribution in [3.63, 3.8) is 0 Å². The lowest BCUT2D eigenvalue weighted by Gasteiger charge is -1.94. The lowest BCUT2D eigenvalue weighted by Crippen LogP contribution is -1.97. The number of rotatable bonds is 0. The van der Waals surface area contributed by atoms with Crippen molar-refractivity contribution in [3.8, 4) is 0 Å². The van der Waals surface area contributed by atoms with Crippen LogP contribution in [0.5, 0.6) is 0 Å². The van der Waals surface area contributed by atoms with Gasteiger partial charge in [-0.1, -0.05) is 117 Å². The van der Waals surface area contributed by atoms with Gasteiger partial charge in [0.1, 0.15) is 23.8 Å². The van der Waals surface area contributed by atoms with Crippen LogP contribution in [0.1, 0.15) is 219 Å². The maximum Gasteiger partial charge on any atom is 0.148 e. The van der Waals surface area contributed by atoms with Gasteiger partial charge in [0.25, 0.3) is 0 Å². The first-order valence-corrected chi connectivity index (χ1v) is 31.5. The van der Waals surface area contributed by atoms with Gasteiger partial charge in [-0.3, -0.25) is 19.9 Å². The summed E-state index contributed by atoms with van der Waals surface area (Å²) in [7, 11) is 0. The lowest BCUT2D eigenvalue weighted by atomic mass is 10.2. The minimum absolute atomic E-state index is 0.734. The summed E-state index contributed by atoms with van der Waals surface area (Å²) in [5.74, 6) is 2.41. The zero-order valence-electron chi connectivity index (χ0n) is 62.5. The standard InChI is InChI=1S/2C7H9N.C6H9N3.6C6H8N2.8C2H6/c1-6-3-7(2)5-8-4-6;1-6-3-4-8-7(2)5-6;1-4-5(2)8-9-6(3)7-4;1-5-3-7-4-6(2)8-5;1-5-3-6(2)8-4-7-5;2*1-5-3-6(2)8-7-4-5;2*1-5-3-4-7-6(2)8-5;8*1-2/h2*3-5H,1-2H3;1-3H3;6*3-4H,1-2H3;8*1-2H3. The molecule has 0 amide bonds. The minimum atomic E-state index is 0.734. The first kappa shape index (κ1) is 97.1.